The van der Waals surface area contributed by atoms with Crippen LogP contribution in [0.1, 0.15) is 24.0 Å². The first-order valence-electron chi connectivity index (χ1n) is 5.49. The highest BCUT2D eigenvalue weighted by molar-refractivity contribution is 5.75. The number of hydrogen-bond acceptors (Lipinski definition) is 5. The van der Waals surface area contributed by atoms with Crippen molar-refractivity contribution in [1.29, 1.82) is 0 Å². The van der Waals surface area contributed by atoms with Crippen LogP contribution in [0.25, 0.3) is 11.1 Å². The summed E-state index contributed by atoms with van der Waals surface area (Å²) in [5.74, 6) is -0.146. The van der Waals surface area contributed by atoms with Crippen molar-refractivity contribution < 1.29 is 19.4 Å². The predicted octanol–water partition coefficient (Wildman–Crippen LogP) is 0.406. The van der Waals surface area contributed by atoms with Crippen LogP contribution < -0.4 is 5.73 Å². The average Bonchev–Trinajstić information content (AvgIpc) is 2.65. The number of nitrogens with two attached hydrogens (primary N) is 1. The van der Waals surface area contributed by atoms with Gasteiger partial charge in [0.15, 0.2) is 11.5 Å². The van der Waals surface area contributed by atoms with E-state index >= 15 is 0 Å². The lowest BCUT2D eigenvalue weighted by molar-refractivity contribution is -0.121. The Morgan fingerprint density at radius 2 is 2.22 bits per heavy atom. The highest BCUT2D eigenvalue weighted by atomic mass is 16.3. The molecule has 0 bridgehead atoms. The number of aromatic nitrogens is 1. The first-order valence-corrected chi connectivity index (χ1v) is 5.49. The summed E-state index contributed by atoms with van der Waals surface area (Å²) >= 11 is 0. The first-order chi connectivity index (χ1) is 8.47. The number of primary amides is 1. The average molecular weight is 250 g/mol. The lowest BCUT2D eigenvalue weighted by Crippen LogP contribution is -2.25. The van der Waals surface area contributed by atoms with E-state index in [9.17, 15) is 15.0 Å². The van der Waals surface area contributed by atoms with E-state index in [0.29, 0.717) is 22.6 Å². The smallest absolute Gasteiger partial charge is 0.220 e. The molecule has 4 N–H and O–H groups in total. The van der Waals surface area contributed by atoms with Crippen molar-refractivity contribution in [2.45, 2.75) is 25.6 Å². The molecule has 2 unspecified atom stereocenters. The van der Waals surface area contributed by atoms with Crippen LogP contribution in [0, 0.1) is 6.92 Å². The number of carbonyl (C=O) groups is 1. The lowest BCUT2D eigenvalue weighted by atomic mass is 10.0. The Balaban J connectivity index is 2.26. The minimum atomic E-state index is -1.23. The van der Waals surface area contributed by atoms with Crippen LogP contribution in [0.4, 0.5) is 0 Å². The molecule has 1 heterocycles. The molecule has 2 rings (SSSR count). The maximum atomic E-state index is 10.7. The van der Waals surface area contributed by atoms with E-state index < -0.39 is 18.1 Å². The van der Waals surface area contributed by atoms with E-state index in [2.05, 4.69) is 4.98 Å². The standard InChI is InChI=1S/C12H14N2O4/c1-6-14-8-3-2-7(4-10(8)18-6)12(17)9(15)5-11(13)16/h2-4,9,12,15,17H,5H2,1H3,(H2,13,16). The fourth-order valence-corrected chi connectivity index (χ4v) is 1.78. The van der Waals surface area contributed by atoms with E-state index in [1.165, 1.54) is 0 Å². The van der Waals surface area contributed by atoms with Crippen LogP contribution in [-0.4, -0.2) is 27.2 Å². The third kappa shape index (κ3) is 2.49. The minimum absolute atomic E-state index is 0.297. The number of carbonyl (C=O) groups excluding carboxylic acids is 1. The molecule has 18 heavy (non-hydrogen) atoms. The van der Waals surface area contributed by atoms with Crippen LogP contribution in [0.3, 0.4) is 0 Å². The van der Waals surface area contributed by atoms with E-state index in [-0.39, 0.29) is 6.42 Å². The molecule has 0 fully saturated rings. The van der Waals surface area contributed by atoms with Gasteiger partial charge in [0.05, 0.1) is 12.5 Å². The van der Waals surface area contributed by atoms with Gasteiger partial charge in [0.1, 0.15) is 11.6 Å². The Kier molecular flexibility index (Phi) is 3.31. The number of hydrogen-bond donors (Lipinski definition) is 3. The fraction of sp³-hybridized carbons (Fsp3) is 0.333. The van der Waals surface area contributed by atoms with Crippen molar-refractivity contribution in [2.75, 3.05) is 0 Å². The maximum Gasteiger partial charge on any atom is 0.220 e. The van der Waals surface area contributed by atoms with Crippen LogP contribution in [-0.2, 0) is 4.79 Å². The molecule has 0 aliphatic heterocycles. The molecular weight excluding hydrogens is 236 g/mol. The normalized spacial score (nSPS) is 14.6. The molecule has 1 aromatic carbocycles. The van der Waals surface area contributed by atoms with Gasteiger partial charge in [0, 0.05) is 6.92 Å². The third-order valence-corrected chi connectivity index (χ3v) is 2.64. The summed E-state index contributed by atoms with van der Waals surface area (Å²) in [4.78, 5) is 14.8. The van der Waals surface area contributed by atoms with Gasteiger partial charge in [-0.2, -0.15) is 0 Å². The molecule has 0 radical (unpaired) electrons. The van der Waals surface area contributed by atoms with Crippen molar-refractivity contribution in [3.63, 3.8) is 0 Å². The zero-order valence-electron chi connectivity index (χ0n) is 9.83. The summed E-state index contributed by atoms with van der Waals surface area (Å²) in [7, 11) is 0. The number of fused-ring (bicyclic) bond motifs is 1. The van der Waals surface area contributed by atoms with Gasteiger partial charge in [0.25, 0.3) is 0 Å². The molecule has 96 valence electrons. The molecular formula is C12H14N2O4. The molecule has 0 spiro atoms. The van der Waals surface area contributed by atoms with Gasteiger partial charge < -0.3 is 20.4 Å². The molecule has 1 amide bonds. The van der Waals surface area contributed by atoms with Crippen molar-refractivity contribution in [3.05, 3.63) is 29.7 Å². The summed E-state index contributed by atoms with van der Waals surface area (Å²) in [5.41, 5.74) is 6.61. The van der Waals surface area contributed by atoms with Crippen LogP contribution in [0.5, 0.6) is 0 Å². The van der Waals surface area contributed by atoms with E-state index in [4.69, 9.17) is 10.2 Å². The van der Waals surface area contributed by atoms with Crippen LogP contribution >= 0.6 is 0 Å². The zero-order chi connectivity index (χ0) is 13.3. The molecule has 2 aromatic rings. The third-order valence-electron chi connectivity index (χ3n) is 2.64. The molecule has 1 aromatic heterocycles. The summed E-state index contributed by atoms with van der Waals surface area (Å²) in [6.45, 7) is 1.72. The number of aryl methyl sites for hydroxylation is 1. The molecule has 0 saturated heterocycles. The second-order valence-electron chi connectivity index (χ2n) is 4.14. The second-order valence-corrected chi connectivity index (χ2v) is 4.14. The fourth-order valence-electron chi connectivity index (χ4n) is 1.78. The number of aliphatic hydroxyl groups excluding tert-OH is 2. The van der Waals surface area contributed by atoms with Crippen LogP contribution in [0.2, 0.25) is 0 Å². The number of nitrogens with zero attached hydrogens (tertiary/aromatic N) is 1. The van der Waals surface area contributed by atoms with Gasteiger partial charge in [-0.15, -0.1) is 0 Å². The van der Waals surface area contributed by atoms with E-state index in [1.54, 1.807) is 25.1 Å². The quantitative estimate of drug-likeness (QED) is 0.727. The molecule has 6 heteroatoms. The van der Waals surface area contributed by atoms with Gasteiger partial charge in [-0.25, -0.2) is 4.98 Å². The number of rotatable bonds is 4. The Morgan fingerprint density at radius 3 is 2.89 bits per heavy atom. The number of amides is 1. The number of oxazole rings is 1. The molecule has 6 nitrogen and oxygen atoms in total. The highest BCUT2D eigenvalue weighted by Crippen LogP contribution is 2.24. The lowest BCUT2D eigenvalue weighted by Gasteiger charge is -2.16. The minimum Gasteiger partial charge on any atom is -0.441 e. The molecule has 0 saturated carbocycles. The predicted molar refractivity (Wildman–Crippen MR) is 63.5 cm³/mol. The SMILES string of the molecule is Cc1nc2ccc(C(O)C(O)CC(N)=O)cc2o1. The largest absolute Gasteiger partial charge is 0.441 e. The van der Waals surface area contributed by atoms with Crippen molar-refractivity contribution >= 4 is 17.0 Å². The molecule has 0 aliphatic carbocycles. The van der Waals surface area contributed by atoms with Crippen molar-refractivity contribution in [3.8, 4) is 0 Å². The Morgan fingerprint density at radius 1 is 1.50 bits per heavy atom. The van der Waals surface area contributed by atoms with Gasteiger partial charge in [-0.3, -0.25) is 4.79 Å². The van der Waals surface area contributed by atoms with E-state index in [0.717, 1.165) is 0 Å². The highest BCUT2D eigenvalue weighted by Gasteiger charge is 2.21. The van der Waals surface area contributed by atoms with Crippen molar-refractivity contribution in [2.24, 2.45) is 5.73 Å². The monoisotopic (exact) mass is 250 g/mol. The van der Waals surface area contributed by atoms with E-state index in [1.807, 2.05) is 0 Å². The molecule has 0 aliphatic rings. The summed E-state index contributed by atoms with van der Waals surface area (Å²) in [5, 5.41) is 19.5. The van der Waals surface area contributed by atoms with Gasteiger partial charge in [-0.05, 0) is 17.7 Å². The first kappa shape index (κ1) is 12.5. The topological polar surface area (TPSA) is 110 Å². The Labute approximate surface area is 103 Å². The van der Waals surface area contributed by atoms with Crippen LogP contribution in [0.15, 0.2) is 22.6 Å². The summed E-state index contributed by atoms with van der Waals surface area (Å²) in [6, 6.07) is 4.89. The summed E-state index contributed by atoms with van der Waals surface area (Å²) < 4.78 is 5.32. The second kappa shape index (κ2) is 4.75. The van der Waals surface area contributed by atoms with Crippen molar-refractivity contribution in [1.82, 2.24) is 4.98 Å². The Bertz CT molecular complexity index is 578. The van der Waals surface area contributed by atoms with Gasteiger partial charge in [0.2, 0.25) is 5.91 Å². The molecule has 2 atom stereocenters. The number of aliphatic hydroxyl groups is 2. The Hall–Kier alpha value is -1.92. The summed E-state index contributed by atoms with van der Waals surface area (Å²) in [6.07, 6.45) is -2.72. The van der Waals surface area contributed by atoms with Gasteiger partial charge >= 0.3 is 0 Å². The number of benzene rings is 1. The zero-order valence-corrected chi connectivity index (χ0v) is 9.83. The maximum absolute atomic E-state index is 10.7. The van der Waals surface area contributed by atoms with Gasteiger partial charge in [-0.1, -0.05) is 6.07 Å².